The first kappa shape index (κ1) is 20.2. The van der Waals surface area contributed by atoms with E-state index >= 15 is 0 Å². The molecule has 0 bridgehead atoms. The molecular weight excluding hydrogens is 374 g/mol. The van der Waals surface area contributed by atoms with Crippen molar-refractivity contribution in [2.45, 2.75) is 26.3 Å². The maximum Gasteiger partial charge on any atom is 0.256 e. The third kappa shape index (κ3) is 4.48. The standard InChI is InChI=1S/C21H23N3O5/c1-4-29-16-8-6-15(7-9-16)24-20(26)12-18(21(24)27)23-17-11-14(22-13(2)25)5-10-19(17)28-3/h5-11,18,23H,4,12H2,1-3H3,(H,22,25). The Bertz CT molecular complexity index is 926. The van der Waals surface area contributed by atoms with Gasteiger partial charge in [-0.1, -0.05) is 0 Å². The summed E-state index contributed by atoms with van der Waals surface area (Å²) in [6, 6.07) is 11.1. The zero-order valence-electron chi connectivity index (χ0n) is 16.5. The highest BCUT2D eigenvalue weighted by atomic mass is 16.5. The molecule has 2 aromatic rings. The van der Waals surface area contributed by atoms with Crippen LogP contribution >= 0.6 is 0 Å². The zero-order chi connectivity index (χ0) is 21.0. The Morgan fingerprint density at radius 1 is 1.17 bits per heavy atom. The predicted molar refractivity (Wildman–Crippen MR) is 109 cm³/mol. The molecule has 1 aliphatic rings. The number of ether oxygens (including phenoxy) is 2. The van der Waals surface area contributed by atoms with Crippen molar-refractivity contribution in [2.24, 2.45) is 0 Å². The lowest BCUT2D eigenvalue weighted by atomic mass is 10.2. The Hall–Kier alpha value is -3.55. The van der Waals surface area contributed by atoms with Crippen molar-refractivity contribution in [1.29, 1.82) is 0 Å². The van der Waals surface area contributed by atoms with Crippen LogP contribution in [0.15, 0.2) is 42.5 Å². The molecule has 1 aliphatic heterocycles. The van der Waals surface area contributed by atoms with Crippen molar-refractivity contribution < 1.29 is 23.9 Å². The summed E-state index contributed by atoms with van der Waals surface area (Å²) in [5, 5.41) is 5.76. The lowest BCUT2D eigenvalue weighted by Crippen LogP contribution is -2.34. The number of hydrogen-bond acceptors (Lipinski definition) is 6. The highest BCUT2D eigenvalue weighted by Crippen LogP contribution is 2.32. The Kier molecular flexibility index (Phi) is 6.01. The van der Waals surface area contributed by atoms with Gasteiger partial charge in [0, 0.05) is 12.6 Å². The van der Waals surface area contributed by atoms with Crippen LogP contribution in [0.25, 0.3) is 0 Å². The molecule has 1 heterocycles. The van der Waals surface area contributed by atoms with Crippen molar-refractivity contribution >= 4 is 34.8 Å². The normalized spacial score (nSPS) is 16.0. The van der Waals surface area contributed by atoms with Crippen molar-refractivity contribution in [1.82, 2.24) is 0 Å². The number of imide groups is 1. The van der Waals surface area contributed by atoms with Crippen molar-refractivity contribution in [3.63, 3.8) is 0 Å². The van der Waals surface area contributed by atoms with Crippen LogP contribution in [0.2, 0.25) is 0 Å². The largest absolute Gasteiger partial charge is 0.495 e. The molecule has 2 N–H and O–H groups in total. The van der Waals surface area contributed by atoms with E-state index in [-0.39, 0.29) is 24.1 Å². The fourth-order valence-electron chi connectivity index (χ4n) is 3.16. The smallest absolute Gasteiger partial charge is 0.256 e. The van der Waals surface area contributed by atoms with Gasteiger partial charge in [0.2, 0.25) is 11.8 Å². The van der Waals surface area contributed by atoms with Crippen LogP contribution in [0, 0.1) is 0 Å². The number of hydrogen-bond donors (Lipinski definition) is 2. The van der Waals surface area contributed by atoms with Crippen LogP contribution in [-0.4, -0.2) is 37.5 Å². The molecule has 0 radical (unpaired) electrons. The lowest BCUT2D eigenvalue weighted by molar-refractivity contribution is -0.121. The predicted octanol–water partition coefficient (Wildman–Crippen LogP) is 2.80. The maximum atomic E-state index is 12.9. The van der Waals surface area contributed by atoms with Crippen LogP contribution < -0.4 is 25.0 Å². The number of nitrogens with zero attached hydrogens (tertiary/aromatic N) is 1. The second kappa shape index (κ2) is 8.64. The third-order valence-electron chi connectivity index (χ3n) is 4.40. The van der Waals surface area contributed by atoms with E-state index in [1.807, 2.05) is 6.92 Å². The summed E-state index contributed by atoms with van der Waals surface area (Å²) in [5.74, 6) is 0.304. The quantitative estimate of drug-likeness (QED) is 0.698. The van der Waals surface area contributed by atoms with E-state index in [1.165, 1.54) is 14.0 Å². The SMILES string of the molecule is CCOc1ccc(N2C(=O)CC(Nc3cc(NC(C)=O)ccc3OC)C2=O)cc1. The van der Waals surface area contributed by atoms with Crippen LogP contribution in [0.4, 0.5) is 17.1 Å². The first-order valence-electron chi connectivity index (χ1n) is 9.24. The van der Waals surface area contributed by atoms with Gasteiger partial charge in [-0.3, -0.25) is 14.4 Å². The average Bonchev–Trinajstić information content (AvgIpc) is 2.96. The number of carbonyl (C=O) groups is 3. The molecule has 2 aromatic carbocycles. The van der Waals surface area contributed by atoms with E-state index in [9.17, 15) is 14.4 Å². The molecule has 0 spiro atoms. The first-order valence-corrected chi connectivity index (χ1v) is 9.24. The van der Waals surface area contributed by atoms with Crippen LogP contribution in [0.3, 0.4) is 0 Å². The van der Waals surface area contributed by atoms with E-state index in [0.29, 0.717) is 35.2 Å². The molecule has 0 aliphatic carbocycles. The molecule has 8 nitrogen and oxygen atoms in total. The van der Waals surface area contributed by atoms with Crippen LogP contribution in [-0.2, 0) is 14.4 Å². The van der Waals surface area contributed by atoms with Gasteiger partial charge in [-0.05, 0) is 49.4 Å². The number of anilines is 3. The molecule has 29 heavy (non-hydrogen) atoms. The summed E-state index contributed by atoms with van der Waals surface area (Å²) in [4.78, 5) is 37.9. The third-order valence-corrected chi connectivity index (χ3v) is 4.40. The minimum Gasteiger partial charge on any atom is -0.495 e. The Labute approximate surface area is 168 Å². The van der Waals surface area contributed by atoms with Crippen molar-refractivity contribution in [2.75, 3.05) is 29.3 Å². The van der Waals surface area contributed by atoms with E-state index in [2.05, 4.69) is 10.6 Å². The molecule has 8 heteroatoms. The fraction of sp³-hybridized carbons (Fsp3) is 0.286. The summed E-state index contributed by atoms with van der Waals surface area (Å²) >= 11 is 0. The number of carbonyl (C=O) groups excluding carboxylic acids is 3. The fourth-order valence-corrected chi connectivity index (χ4v) is 3.16. The van der Waals surface area contributed by atoms with Gasteiger partial charge in [0.15, 0.2) is 0 Å². The lowest BCUT2D eigenvalue weighted by Gasteiger charge is -2.18. The molecule has 1 unspecified atom stereocenters. The highest BCUT2D eigenvalue weighted by molar-refractivity contribution is 6.23. The number of benzene rings is 2. The highest BCUT2D eigenvalue weighted by Gasteiger charge is 2.40. The number of nitrogens with one attached hydrogen (secondary N) is 2. The van der Waals surface area contributed by atoms with Gasteiger partial charge in [0.1, 0.15) is 17.5 Å². The molecule has 152 valence electrons. The summed E-state index contributed by atoms with van der Waals surface area (Å²) in [6.07, 6.45) is 0.0135. The second-order valence-electron chi connectivity index (χ2n) is 6.49. The number of rotatable bonds is 7. The maximum absolute atomic E-state index is 12.9. The van der Waals surface area contributed by atoms with Gasteiger partial charge in [0.05, 0.1) is 31.5 Å². The molecule has 3 rings (SSSR count). The van der Waals surface area contributed by atoms with E-state index in [0.717, 1.165) is 4.90 Å². The number of methoxy groups -OCH3 is 1. The van der Waals surface area contributed by atoms with Crippen LogP contribution in [0.1, 0.15) is 20.3 Å². The van der Waals surface area contributed by atoms with Gasteiger partial charge in [-0.2, -0.15) is 0 Å². The van der Waals surface area contributed by atoms with Gasteiger partial charge < -0.3 is 20.1 Å². The minimum atomic E-state index is -0.740. The van der Waals surface area contributed by atoms with Crippen LogP contribution in [0.5, 0.6) is 11.5 Å². The van der Waals surface area contributed by atoms with Gasteiger partial charge >= 0.3 is 0 Å². The molecule has 1 saturated heterocycles. The molecule has 0 saturated carbocycles. The Balaban J connectivity index is 1.80. The van der Waals surface area contributed by atoms with Crippen molar-refractivity contribution in [3.8, 4) is 11.5 Å². The number of amides is 3. The topological polar surface area (TPSA) is 97.0 Å². The molecular formula is C21H23N3O5. The molecule has 0 aromatic heterocycles. The Morgan fingerprint density at radius 3 is 2.52 bits per heavy atom. The minimum absolute atomic E-state index is 0.0135. The van der Waals surface area contributed by atoms with E-state index < -0.39 is 6.04 Å². The summed E-state index contributed by atoms with van der Waals surface area (Å²) < 4.78 is 10.7. The van der Waals surface area contributed by atoms with Gasteiger partial charge in [-0.15, -0.1) is 0 Å². The van der Waals surface area contributed by atoms with Crippen molar-refractivity contribution in [3.05, 3.63) is 42.5 Å². The summed E-state index contributed by atoms with van der Waals surface area (Å²) in [6.45, 7) is 3.82. The molecule has 1 atom stereocenters. The Morgan fingerprint density at radius 2 is 1.90 bits per heavy atom. The second-order valence-corrected chi connectivity index (χ2v) is 6.49. The van der Waals surface area contributed by atoms with E-state index in [1.54, 1.807) is 42.5 Å². The average molecular weight is 397 g/mol. The van der Waals surface area contributed by atoms with E-state index in [4.69, 9.17) is 9.47 Å². The van der Waals surface area contributed by atoms with Gasteiger partial charge in [-0.25, -0.2) is 4.90 Å². The summed E-state index contributed by atoms with van der Waals surface area (Å²) in [5.41, 5.74) is 1.56. The molecule has 3 amide bonds. The first-order chi connectivity index (χ1) is 13.9. The molecule has 1 fully saturated rings. The zero-order valence-corrected chi connectivity index (χ0v) is 16.5. The van der Waals surface area contributed by atoms with Gasteiger partial charge in [0.25, 0.3) is 5.91 Å². The monoisotopic (exact) mass is 397 g/mol. The summed E-state index contributed by atoms with van der Waals surface area (Å²) in [7, 11) is 1.51.